The average Bonchev–Trinajstić information content (AvgIpc) is 2.03. The second-order valence-electron chi connectivity index (χ2n) is 1.90. The molecule has 0 fully saturated rings. The van der Waals surface area contributed by atoms with E-state index in [2.05, 4.69) is 22.6 Å². The standard InChI is InChI=1S/C6H6N4S2/c1-12-5-3(2-7)4(11)9-6(8)10-5/h1H3,(H3,8,9,10,11). The van der Waals surface area contributed by atoms with Gasteiger partial charge in [-0.2, -0.15) is 5.26 Å². The molecule has 0 aliphatic carbocycles. The van der Waals surface area contributed by atoms with Crippen LogP contribution in [-0.4, -0.2) is 16.2 Å². The van der Waals surface area contributed by atoms with E-state index in [0.29, 0.717) is 15.6 Å². The van der Waals surface area contributed by atoms with Gasteiger partial charge in [0.25, 0.3) is 0 Å². The molecule has 4 nitrogen and oxygen atoms in total. The normalized spacial score (nSPS) is 9.42. The van der Waals surface area contributed by atoms with E-state index >= 15 is 0 Å². The summed E-state index contributed by atoms with van der Waals surface area (Å²) in [6, 6.07) is 1.96. The van der Waals surface area contributed by atoms with Gasteiger partial charge in [-0.15, -0.1) is 24.4 Å². The van der Waals surface area contributed by atoms with Crippen LogP contribution in [-0.2, 0) is 0 Å². The van der Waals surface area contributed by atoms with E-state index in [1.165, 1.54) is 11.8 Å². The predicted octanol–water partition coefficient (Wildman–Crippen LogP) is 0.941. The molecule has 0 saturated heterocycles. The number of thioether (sulfide) groups is 1. The van der Waals surface area contributed by atoms with Crippen LogP contribution >= 0.6 is 24.4 Å². The van der Waals surface area contributed by atoms with Gasteiger partial charge in [-0.1, -0.05) is 0 Å². The van der Waals surface area contributed by atoms with Crippen molar-refractivity contribution in [3.05, 3.63) is 5.56 Å². The van der Waals surface area contributed by atoms with Crippen molar-refractivity contribution in [3.63, 3.8) is 0 Å². The maximum atomic E-state index is 8.69. The summed E-state index contributed by atoms with van der Waals surface area (Å²) in [5.41, 5.74) is 5.74. The number of nitrogen functional groups attached to an aromatic ring is 1. The molecule has 1 aromatic heterocycles. The van der Waals surface area contributed by atoms with Gasteiger partial charge >= 0.3 is 0 Å². The minimum absolute atomic E-state index is 0.142. The fraction of sp³-hybridized carbons (Fsp3) is 0.167. The highest BCUT2D eigenvalue weighted by molar-refractivity contribution is 7.98. The SMILES string of the molecule is CSc1nc(N)nc(S)c1C#N. The molecule has 0 radical (unpaired) electrons. The number of nitrogens with zero attached hydrogens (tertiary/aromatic N) is 3. The van der Waals surface area contributed by atoms with Gasteiger partial charge < -0.3 is 5.73 Å². The molecule has 1 aromatic rings. The third kappa shape index (κ3) is 1.62. The van der Waals surface area contributed by atoms with E-state index in [-0.39, 0.29) is 5.95 Å². The molecule has 0 unspecified atom stereocenters. The van der Waals surface area contributed by atoms with Crippen LogP contribution in [0.15, 0.2) is 10.1 Å². The monoisotopic (exact) mass is 198 g/mol. The Morgan fingerprint density at radius 1 is 1.58 bits per heavy atom. The Morgan fingerprint density at radius 2 is 2.25 bits per heavy atom. The Kier molecular flexibility index (Phi) is 2.78. The van der Waals surface area contributed by atoms with Crippen LogP contribution in [0.2, 0.25) is 0 Å². The molecule has 6 heteroatoms. The summed E-state index contributed by atoms with van der Waals surface area (Å²) < 4.78 is 0. The lowest BCUT2D eigenvalue weighted by Gasteiger charge is -2.01. The van der Waals surface area contributed by atoms with Crippen LogP contribution in [0.5, 0.6) is 0 Å². The molecule has 2 N–H and O–H groups in total. The fourth-order valence-corrected chi connectivity index (χ4v) is 1.56. The first-order valence-corrected chi connectivity index (χ1v) is 4.66. The molecule has 0 spiro atoms. The Labute approximate surface area is 79.6 Å². The van der Waals surface area contributed by atoms with Crippen molar-refractivity contribution in [3.8, 4) is 6.07 Å². The van der Waals surface area contributed by atoms with Crippen LogP contribution in [0.1, 0.15) is 5.56 Å². The number of anilines is 1. The van der Waals surface area contributed by atoms with Gasteiger partial charge in [0, 0.05) is 0 Å². The third-order valence-corrected chi connectivity index (χ3v) is 2.18. The molecule has 62 valence electrons. The highest BCUT2D eigenvalue weighted by Crippen LogP contribution is 2.22. The lowest BCUT2D eigenvalue weighted by molar-refractivity contribution is 0.966. The first-order chi connectivity index (χ1) is 5.69. The summed E-state index contributed by atoms with van der Waals surface area (Å²) in [5, 5.41) is 9.58. The van der Waals surface area contributed by atoms with Crippen LogP contribution in [0.3, 0.4) is 0 Å². The van der Waals surface area contributed by atoms with Crippen molar-refractivity contribution in [1.29, 1.82) is 5.26 Å². The summed E-state index contributed by atoms with van der Waals surface area (Å²) in [5.74, 6) is 0.142. The highest BCUT2D eigenvalue weighted by atomic mass is 32.2. The number of hydrogen-bond donors (Lipinski definition) is 2. The molecule has 1 heterocycles. The third-order valence-electron chi connectivity index (χ3n) is 1.18. The Hall–Kier alpha value is -0.930. The largest absolute Gasteiger partial charge is 0.368 e. The zero-order valence-electron chi connectivity index (χ0n) is 6.27. The van der Waals surface area contributed by atoms with E-state index in [9.17, 15) is 0 Å². The second-order valence-corrected chi connectivity index (χ2v) is 3.12. The van der Waals surface area contributed by atoms with Gasteiger partial charge in [-0.05, 0) is 6.26 Å². The topological polar surface area (TPSA) is 75.6 Å². The summed E-state index contributed by atoms with van der Waals surface area (Å²) in [7, 11) is 0. The Morgan fingerprint density at radius 3 is 2.75 bits per heavy atom. The summed E-state index contributed by atoms with van der Waals surface area (Å²) >= 11 is 5.35. The lowest BCUT2D eigenvalue weighted by Crippen LogP contribution is -1.99. The summed E-state index contributed by atoms with van der Waals surface area (Å²) in [4.78, 5) is 7.63. The maximum absolute atomic E-state index is 8.69. The summed E-state index contributed by atoms with van der Waals surface area (Å²) in [6.45, 7) is 0. The Bertz CT molecular complexity index is 344. The van der Waals surface area contributed by atoms with Crippen molar-refractivity contribution in [2.45, 2.75) is 10.1 Å². The maximum Gasteiger partial charge on any atom is 0.222 e. The average molecular weight is 198 g/mol. The molecule has 0 bridgehead atoms. The molecular weight excluding hydrogens is 192 g/mol. The number of rotatable bonds is 1. The van der Waals surface area contributed by atoms with E-state index in [1.54, 1.807) is 0 Å². The lowest BCUT2D eigenvalue weighted by atomic mass is 10.4. The molecule has 0 aliphatic rings. The zero-order valence-corrected chi connectivity index (χ0v) is 7.99. The molecule has 1 rings (SSSR count). The number of thiol groups is 1. The van der Waals surface area contributed by atoms with Crippen molar-refractivity contribution < 1.29 is 0 Å². The van der Waals surface area contributed by atoms with Crippen molar-refractivity contribution in [2.75, 3.05) is 12.0 Å². The quantitative estimate of drug-likeness (QED) is 0.399. The minimum Gasteiger partial charge on any atom is -0.368 e. The van der Waals surface area contributed by atoms with Crippen LogP contribution in [0.4, 0.5) is 5.95 Å². The fourth-order valence-electron chi connectivity index (χ4n) is 0.691. The number of aromatic nitrogens is 2. The van der Waals surface area contributed by atoms with E-state index in [4.69, 9.17) is 11.0 Å². The van der Waals surface area contributed by atoms with E-state index in [1.807, 2.05) is 12.3 Å². The van der Waals surface area contributed by atoms with Crippen LogP contribution < -0.4 is 5.73 Å². The Balaban J connectivity index is 3.36. The highest BCUT2D eigenvalue weighted by Gasteiger charge is 2.08. The van der Waals surface area contributed by atoms with Gasteiger partial charge in [0.15, 0.2) is 0 Å². The van der Waals surface area contributed by atoms with Crippen molar-refractivity contribution >= 4 is 30.3 Å². The van der Waals surface area contributed by atoms with E-state index in [0.717, 1.165) is 0 Å². The van der Waals surface area contributed by atoms with Crippen molar-refractivity contribution in [1.82, 2.24) is 9.97 Å². The number of nitriles is 1. The second kappa shape index (κ2) is 3.65. The van der Waals surface area contributed by atoms with Gasteiger partial charge in [-0.25, -0.2) is 9.97 Å². The first kappa shape index (κ1) is 9.16. The first-order valence-electron chi connectivity index (χ1n) is 2.99. The number of nitrogens with two attached hydrogens (primary N) is 1. The van der Waals surface area contributed by atoms with Crippen LogP contribution in [0.25, 0.3) is 0 Å². The van der Waals surface area contributed by atoms with Gasteiger partial charge in [0.2, 0.25) is 5.95 Å². The van der Waals surface area contributed by atoms with Gasteiger partial charge in [0.1, 0.15) is 21.7 Å². The molecule has 0 atom stereocenters. The molecule has 0 amide bonds. The molecule has 0 aliphatic heterocycles. The number of hydrogen-bond acceptors (Lipinski definition) is 6. The minimum atomic E-state index is 0.142. The van der Waals surface area contributed by atoms with Crippen molar-refractivity contribution in [2.24, 2.45) is 0 Å². The zero-order chi connectivity index (χ0) is 9.14. The molecule has 0 aromatic carbocycles. The molecule has 12 heavy (non-hydrogen) atoms. The van der Waals surface area contributed by atoms with Gasteiger partial charge in [-0.3, -0.25) is 0 Å². The summed E-state index contributed by atoms with van der Waals surface area (Å²) in [6.07, 6.45) is 1.82. The van der Waals surface area contributed by atoms with Crippen LogP contribution in [0, 0.1) is 11.3 Å². The molecule has 0 saturated carbocycles. The molecular formula is C6H6N4S2. The predicted molar refractivity (Wildman–Crippen MR) is 50.2 cm³/mol. The van der Waals surface area contributed by atoms with E-state index < -0.39 is 0 Å². The smallest absolute Gasteiger partial charge is 0.222 e. The van der Waals surface area contributed by atoms with Gasteiger partial charge in [0.05, 0.1) is 0 Å².